The number of aryl methyl sites for hydroxylation is 2. The molecule has 1 aromatic heterocycles. The molecule has 0 bridgehead atoms. The molecule has 0 radical (unpaired) electrons. The number of fused-ring (bicyclic) bond motifs is 1. The molecule has 1 aliphatic carbocycles. The number of thioether (sulfide) groups is 1. The summed E-state index contributed by atoms with van der Waals surface area (Å²) < 4.78 is 49.0. The minimum atomic E-state index is -4.35. The minimum absolute atomic E-state index is 0.108. The number of hydrogen-bond donors (Lipinski definition) is 0. The number of rotatable bonds is 7. The molecule has 0 unspecified atom stereocenters. The van der Waals surface area contributed by atoms with Crippen LogP contribution in [0.15, 0.2) is 35.2 Å². The summed E-state index contributed by atoms with van der Waals surface area (Å²) in [6.45, 7) is 3.80. The van der Waals surface area contributed by atoms with E-state index in [0.717, 1.165) is 69.6 Å². The van der Waals surface area contributed by atoms with Crippen LogP contribution in [0.2, 0.25) is 0 Å². The second-order valence-corrected chi connectivity index (χ2v) is 10.2. The molecule has 0 aliphatic heterocycles. The molecule has 0 saturated carbocycles. The highest BCUT2D eigenvalue weighted by molar-refractivity contribution is 7.98. The SMILES string of the molecule is COC(=O)COc1c(C)cc(SCc2sc(-c3ccc(C(F)(F)F)cc3)nc2C)c2c1CCC2. The van der Waals surface area contributed by atoms with E-state index in [9.17, 15) is 18.0 Å². The van der Waals surface area contributed by atoms with E-state index in [2.05, 4.69) is 15.8 Å². The highest BCUT2D eigenvalue weighted by atomic mass is 32.2. The summed E-state index contributed by atoms with van der Waals surface area (Å²) in [6.07, 6.45) is -1.43. The van der Waals surface area contributed by atoms with Gasteiger partial charge in [0.25, 0.3) is 0 Å². The maximum absolute atomic E-state index is 12.9. The summed E-state index contributed by atoms with van der Waals surface area (Å²) in [6, 6.07) is 7.24. The first-order chi connectivity index (χ1) is 16.2. The third kappa shape index (κ3) is 5.25. The monoisotopic (exact) mass is 507 g/mol. The van der Waals surface area contributed by atoms with Crippen molar-refractivity contribution in [3.8, 4) is 16.3 Å². The van der Waals surface area contributed by atoms with Crippen LogP contribution in [0.4, 0.5) is 13.2 Å². The predicted octanol–water partition coefficient (Wildman–Crippen LogP) is 6.78. The van der Waals surface area contributed by atoms with Crippen molar-refractivity contribution in [1.82, 2.24) is 4.98 Å². The molecule has 1 heterocycles. The van der Waals surface area contributed by atoms with Crippen LogP contribution in [-0.2, 0) is 34.3 Å². The lowest BCUT2D eigenvalue weighted by Gasteiger charge is -2.16. The molecule has 3 aromatic rings. The molecule has 2 aromatic carbocycles. The maximum atomic E-state index is 12.9. The van der Waals surface area contributed by atoms with Gasteiger partial charge in [-0.2, -0.15) is 13.2 Å². The Labute approximate surface area is 204 Å². The molecular formula is C25H24F3NO3S2. The van der Waals surface area contributed by atoms with Gasteiger partial charge in [-0.3, -0.25) is 0 Å². The Morgan fingerprint density at radius 1 is 1.15 bits per heavy atom. The number of methoxy groups -OCH3 is 1. The predicted molar refractivity (Wildman–Crippen MR) is 128 cm³/mol. The Hall–Kier alpha value is -2.52. The highest BCUT2D eigenvalue weighted by Crippen LogP contribution is 2.42. The zero-order valence-corrected chi connectivity index (χ0v) is 20.7. The number of benzene rings is 2. The van der Waals surface area contributed by atoms with Crippen molar-refractivity contribution >= 4 is 29.1 Å². The van der Waals surface area contributed by atoms with Gasteiger partial charge in [0.2, 0.25) is 0 Å². The molecular weight excluding hydrogens is 483 g/mol. The Morgan fingerprint density at radius 2 is 1.85 bits per heavy atom. The van der Waals surface area contributed by atoms with E-state index in [1.165, 1.54) is 41.0 Å². The quantitative estimate of drug-likeness (QED) is 0.261. The largest absolute Gasteiger partial charge is 0.481 e. The summed E-state index contributed by atoms with van der Waals surface area (Å²) in [5.74, 6) is 1.09. The molecule has 0 saturated heterocycles. The van der Waals surface area contributed by atoms with Crippen molar-refractivity contribution in [1.29, 1.82) is 0 Å². The zero-order chi connectivity index (χ0) is 24.5. The summed E-state index contributed by atoms with van der Waals surface area (Å²) in [7, 11) is 1.34. The van der Waals surface area contributed by atoms with E-state index < -0.39 is 17.7 Å². The number of aromatic nitrogens is 1. The molecule has 34 heavy (non-hydrogen) atoms. The van der Waals surface area contributed by atoms with E-state index in [4.69, 9.17) is 4.74 Å². The van der Waals surface area contributed by atoms with Crippen LogP contribution < -0.4 is 4.74 Å². The average molecular weight is 508 g/mol. The molecule has 1 aliphatic rings. The van der Waals surface area contributed by atoms with Gasteiger partial charge in [0.1, 0.15) is 10.8 Å². The number of hydrogen-bond acceptors (Lipinski definition) is 6. The highest BCUT2D eigenvalue weighted by Gasteiger charge is 2.30. The normalized spacial score (nSPS) is 13.1. The number of nitrogens with zero attached hydrogens (tertiary/aromatic N) is 1. The molecule has 0 N–H and O–H groups in total. The fourth-order valence-electron chi connectivity index (χ4n) is 4.00. The van der Waals surface area contributed by atoms with Crippen molar-refractivity contribution in [2.24, 2.45) is 0 Å². The Morgan fingerprint density at radius 3 is 2.53 bits per heavy atom. The molecule has 0 amide bonds. The first-order valence-electron chi connectivity index (χ1n) is 10.8. The summed E-state index contributed by atoms with van der Waals surface area (Å²) in [5.41, 5.74) is 4.32. The van der Waals surface area contributed by atoms with Gasteiger partial charge in [-0.25, -0.2) is 9.78 Å². The molecule has 180 valence electrons. The van der Waals surface area contributed by atoms with Crippen LogP contribution in [0.25, 0.3) is 10.6 Å². The third-order valence-corrected chi connectivity index (χ3v) is 8.27. The van der Waals surface area contributed by atoms with Crippen LogP contribution >= 0.6 is 23.1 Å². The molecule has 0 fully saturated rings. The van der Waals surface area contributed by atoms with Gasteiger partial charge in [-0.15, -0.1) is 23.1 Å². The molecule has 0 spiro atoms. The van der Waals surface area contributed by atoms with E-state index in [0.29, 0.717) is 5.56 Å². The average Bonchev–Trinajstić information content (AvgIpc) is 3.43. The Balaban J connectivity index is 1.51. The van der Waals surface area contributed by atoms with Gasteiger partial charge in [0, 0.05) is 21.1 Å². The van der Waals surface area contributed by atoms with Crippen molar-refractivity contribution < 1.29 is 27.4 Å². The lowest BCUT2D eigenvalue weighted by molar-refractivity contribution is -0.143. The van der Waals surface area contributed by atoms with E-state index in [1.807, 2.05) is 13.8 Å². The van der Waals surface area contributed by atoms with Crippen LogP contribution in [0.5, 0.6) is 5.75 Å². The van der Waals surface area contributed by atoms with Crippen molar-refractivity contribution in [2.75, 3.05) is 13.7 Å². The fourth-order valence-corrected chi connectivity index (χ4v) is 6.43. The first kappa shape index (κ1) is 24.6. The van der Waals surface area contributed by atoms with E-state index in [-0.39, 0.29) is 6.61 Å². The Kier molecular flexibility index (Phi) is 7.23. The van der Waals surface area contributed by atoms with Crippen LogP contribution in [-0.4, -0.2) is 24.7 Å². The number of halogens is 3. The standard InChI is InChI=1S/C25H24F3NO3S2/c1-14-11-20(18-5-4-6-19(18)23(14)32-12-22(30)31-3)33-13-21-15(2)29-24(34-21)16-7-9-17(10-8-16)25(26,27)28/h7-11H,4-6,12-13H2,1-3H3. The molecule has 4 rings (SSSR count). The number of esters is 1. The number of ether oxygens (including phenoxy) is 2. The molecule has 0 atom stereocenters. The first-order valence-corrected chi connectivity index (χ1v) is 12.6. The van der Waals surface area contributed by atoms with Gasteiger partial charge in [0.15, 0.2) is 6.61 Å². The second-order valence-electron chi connectivity index (χ2n) is 8.09. The number of carbonyl (C=O) groups is 1. The van der Waals surface area contributed by atoms with Crippen molar-refractivity contribution in [3.63, 3.8) is 0 Å². The van der Waals surface area contributed by atoms with Gasteiger partial charge in [-0.1, -0.05) is 12.1 Å². The van der Waals surface area contributed by atoms with Gasteiger partial charge in [-0.05, 0) is 68.0 Å². The summed E-state index contributed by atoms with van der Waals surface area (Å²) in [4.78, 5) is 18.4. The van der Waals surface area contributed by atoms with E-state index in [1.54, 1.807) is 11.8 Å². The number of alkyl halides is 3. The number of carbonyl (C=O) groups excluding carboxylic acids is 1. The topological polar surface area (TPSA) is 48.4 Å². The van der Waals surface area contributed by atoms with Crippen LogP contribution in [0.3, 0.4) is 0 Å². The summed E-state index contributed by atoms with van der Waals surface area (Å²) in [5, 5.41) is 0.717. The second kappa shape index (κ2) is 10.00. The Bertz CT molecular complexity index is 1200. The van der Waals surface area contributed by atoms with Crippen molar-refractivity contribution in [3.05, 3.63) is 63.2 Å². The number of thiazole rings is 1. The minimum Gasteiger partial charge on any atom is -0.481 e. The van der Waals surface area contributed by atoms with Gasteiger partial charge < -0.3 is 9.47 Å². The fraction of sp³-hybridized carbons (Fsp3) is 0.360. The van der Waals surface area contributed by atoms with Crippen molar-refractivity contribution in [2.45, 2.75) is 49.9 Å². The molecule has 4 nitrogen and oxygen atoms in total. The van der Waals surface area contributed by atoms with Gasteiger partial charge in [0.05, 0.1) is 18.4 Å². The smallest absolute Gasteiger partial charge is 0.416 e. The lowest BCUT2D eigenvalue weighted by Crippen LogP contribution is -2.14. The van der Waals surface area contributed by atoms with E-state index >= 15 is 0 Å². The molecule has 9 heteroatoms. The van der Waals surface area contributed by atoms with Crippen LogP contribution in [0, 0.1) is 13.8 Å². The zero-order valence-electron chi connectivity index (χ0n) is 19.0. The maximum Gasteiger partial charge on any atom is 0.416 e. The summed E-state index contributed by atoms with van der Waals surface area (Å²) >= 11 is 3.24. The lowest BCUT2D eigenvalue weighted by atomic mass is 10.1. The van der Waals surface area contributed by atoms with Crippen LogP contribution in [0.1, 0.15) is 39.2 Å². The van der Waals surface area contributed by atoms with Gasteiger partial charge >= 0.3 is 12.1 Å². The third-order valence-electron chi connectivity index (χ3n) is 5.77.